The molecule has 0 saturated heterocycles. The summed E-state index contributed by atoms with van der Waals surface area (Å²) in [5.74, 6) is -0.0765. The van der Waals surface area contributed by atoms with Gasteiger partial charge in [0.25, 0.3) is 5.91 Å². The van der Waals surface area contributed by atoms with E-state index >= 15 is 0 Å². The number of nitrogens with two attached hydrogens (primary N) is 1. The van der Waals surface area contributed by atoms with Crippen molar-refractivity contribution < 1.29 is 9.53 Å². The Kier molecular flexibility index (Phi) is 3.43. The summed E-state index contributed by atoms with van der Waals surface area (Å²) < 4.78 is 7.46. The van der Waals surface area contributed by atoms with Crippen molar-refractivity contribution in [3.63, 3.8) is 0 Å². The van der Waals surface area contributed by atoms with E-state index in [1.54, 1.807) is 12.3 Å². The third-order valence-corrected chi connectivity index (χ3v) is 3.82. The first-order chi connectivity index (χ1) is 10.1. The number of carbonyl (C=O) groups excluding carboxylic acids is 1. The van der Waals surface area contributed by atoms with E-state index in [0.717, 1.165) is 29.9 Å². The lowest BCUT2D eigenvalue weighted by atomic mass is 10.1. The monoisotopic (exact) mass is 303 g/mol. The number of carbonyl (C=O) groups is 1. The third-order valence-electron chi connectivity index (χ3n) is 3.52. The van der Waals surface area contributed by atoms with Crippen LogP contribution in [0.1, 0.15) is 22.5 Å². The fourth-order valence-electron chi connectivity index (χ4n) is 2.68. The van der Waals surface area contributed by atoms with E-state index in [2.05, 4.69) is 4.98 Å². The molecule has 3 heterocycles. The molecule has 1 aliphatic rings. The fraction of sp³-hybridized carbons (Fsp3) is 0.200. The van der Waals surface area contributed by atoms with Gasteiger partial charge in [0, 0.05) is 18.3 Å². The molecule has 6 heteroatoms. The Labute approximate surface area is 127 Å². The number of allylic oxidation sites excluding steroid dienone is 1. The van der Waals surface area contributed by atoms with Crippen LogP contribution in [0.15, 0.2) is 24.4 Å². The van der Waals surface area contributed by atoms with Gasteiger partial charge >= 0.3 is 0 Å². The third kappa shape index (κ3) is 2.10. The number of ether oxygens (including phenoxy) is 1. The zero-order chi connectivity index (χ0) is 15.0. The summed E-state index contributed by atoms with van der Waals surface area (Å²) in [6.07, 6.45) is 6.39. The van der Waals surface area contributed by atoms with Crippen LogP contribution in [0.5, 0.6) is 5.75 Å². The Bertz CT molecular complexity index is 750. The molecule has 2 aromatic rings. The molecule has 1 amide bonds. The van der Waals surface area contributed by atoms with Crippen LogP contribution in [-0.4, -0.2) is 22.6 Å². The predicted molar refractivity (Wildman–Crippen MR) is 81.4 cm³/mol. The number of rotatable bonds is 3. The molecular formula is C15H14ClN3O2. The molecule has 0 aliphatic carbocycles. The van der Waals surface area contributed by atoms with Crippen molar-refractivity contribution in [2.24, 2.45) is 5.73 Å². The molecule has 5 nitrogen and oxygen atoms in total. The Balaban J connectivity index is 2.38. The zero-order valence-corrected chi connectivity index (χ0v) is 12.2. The smallest absolute Gasteiger partial charge is 0.254 e. The molecule has 21 heavy (non-hydrogen) atoms. The highest BCUT2D eigenvalue weighted by atomic mass is 35.5. The second kappa shape index (κ2) is 5.26. The van der Waals surface area contributed by atoms with Gasteiger partial charge in [0.1, 0.15) is 10.7 Å². The van der Waals surface area contributed by atoms with Crippen LogP contribution < -0.4 is 10.5 Å². The maximum atomic E-state index is 11.8. The molecular weight excluding hydrogens is 290 g/mol. The van der Waals surface area contributed by atoms with Crippen LogP contribution in [0.4, 0.5) is 0 Å². The lowest BCUT2D eigenvalue weighted by Crippen LogP contribution is -2.14. The number of hydrogen-bond donors (Lipinski definition) is 1. The molecule has 0 atom stereocenters. The summed E-state index contributed by atoms with van der Waals surface area (Å²) >= 11 is 6.20. The molecule has 3 rings (SSSR count). The second-order valence-electron chi connectivity index (χ2n) is 4.69. The Hall–Kier alpha value is -2.27. The van der Waals surface area contributed by atoms with Gasteiger partial charge in [-0.15, -0.1) is 0 Å². The highest BCUT2D eigenvalue weighted by Crippen LogP contribution is 2.41. The van der Waals surface area contributed by atoms with E-state index < -0.39 is 5.91 Å². The number of fused-ring (bicyclic) bond motifs is 1. The van der Waals surface area contributed by atoms with Crippen LogP contribution >= 0.6 is 11.6 Å². The normalized spacial score (nSPS) is 13.0. The minimum atomic E-state index is -0.520. The first-order valence-corrected chi connectivity index (χ1v) is 6.90. The predicted octanol–water partition coefficient (Wildman–Crippen LogP) is 2.73. The van der Waals surface area contributed by atoms with Crippen LogP contribution in [0, 0.1) is 0 Å². The lowest BCUT2D eigenvalue weighted by molar-refractivity contribution is 0.0997. The zero-order valence-electron chi connectivity index (χ0n) is 11.5. The largest absolute Gasteiger partial charge is 0.494 e. The molecule has 0 unspecified atom stereocenters. The fourth-order valence-corrected chi connectivity index (χ4v) is 2.89. The van der Waals surface area contributed by atoms with Gasteiger partial charge in [0.2, 0.25) is 0 Å². The van der Waals surface area contributed by atoms with Crippen LogP contribution in [0.25, 0.3) is 17.3 Å². The summed E-state index contributed by atoms with van der Waals surface area (Å²) in [4.78, 5) is 15.9. The van der Waals surface area contributed by atoms with Gasteiger partial charge in [-0.1, -0.05) is 17.7 Å². The molecule has 0 radical (unpaired) electrons. The number of primary amides is 1. The van der Waals surface area contributed by atoms with Gasteiger partial charge in [-0.05, 0) is 24.6 Å². The average Bonchev–Trinajstić information content (AvgIpc) is 2.82. The van der Waals surface area contributed by atoms with E-state index in [-0.39, 0.29) is 0 Å². The number of methoxy groups -OCH3 is 1. The molecule has 0 bridgehead atoms. The number of nitrogens with zero attached hydrogens (tertiary/aromatic N) is 2. The quantitative estimate of drug-likeness (QED) is 0.886. The Morgan fingerprint density at radius 3 is 3.00 bits per heavy atom. The van der Waals surface area contributed by atoms with E-state index in [0.29, 0.717) is 16.5 Å². The van der Waals surface area contributed by atoms with Crippen molar-refractivity contribution in [1.29, 1.82) is 0 Å². The molecule has 108 valence electrons. The van der Waals surface area contributed by atoms with Gasteiger partial charge in [0.15, 0.2) is 5.75 Å². The van der Waals surface area contributed by atoms with E-state index in [4.69, 9.17) is 22.1 Å². The van der Waals surface area contributed by atoms with Crippen molar-refractivity contribution >= 4 is 23.6 Å². The summed E-state index contributed by atoms with van der Waals surface area (Å²) in [6.45, 7) is 0.732. The summed E-state index contributed by atoms with van der Waals surface area (Å²) in [5.41, 5.74) is 8.12. The van der Waals surface area contributed by atoms with Gasteiger partial charge in [-0.25, -0.2) is 4.98 Å². The number of aromatic nitrogens is 2. The van der Waals surface area contributed by atoms with Gasteiger partial charge in [-0.3, -0.25) is 4.79 Å². The van der Waals surface area contributed by atoms with Crippen LogP contribution in [0.2, 0.25) is 5.15 Å². The number of amides is 1. The standard InChI is InChI=1S/C15H14ClN3O2/c1-21-13-11(15(17)20)10-6-2-3-8-19(10)12(13)9-5-4-7-18-14(9)16/h2,4-7H,3,8H2,1H3,(H2,17,20). The molecule has 0 aromatic carbocycles. The van der Waals surface area contributed by atoms with Crippen molar-refractivity contribution in [3.05, 3.63) is 40.8 Å². The van der Waals surface area contributed by atoms with E-state index in [1.165, 1.54) is 7.11 Å². The molecule has 0 spiro atoms. The first-order valence-electron chi connectivity index (χ1n) is 6.52. The lowest BCUT2D eigenvalue weighted by Gasteiger charge is -2.15. The highest BCUT2D eigenvalue weighted by Gasteiger charge is 2.28. The molecule has 0 saturated carbocycles. The number of halogens is 1. The van der Waals surface area contributed by atoms with E-state index in [1.807, 2.05) is 22.8 Å². The topological polar surface area (TPSA) is 70.1 Å². The van der Waals surface area contributed by atoms with Crippen molar-refractivity contribution in [2.45, 2.75) is 13.0 Å². The van der Waals surface area contributed by atoms with Gasteiger partial charge in [0.05, 0.1) is 18.5 Å². The average molecular weight is 304 g/mol. The SMILES string of the molecule is COc1c(C(N)=O)c2n(c1-c1cccnc1Cl)CCC=C2. The van der Waals surface area contributed by atoms with Gasteiger partial charge in [-0.2, -0.15) is 0 Å². The molecule has 0 fully saturated rings. The van der Waals surface area contributed by atoms with Crippen LogP contribution in [-0.2, 0) is 6.54 Å². The Morgan fingerprint density at radius 1 is 1.52 bits per heavy atom. The van der Waals surface area contributed by atoms with Gasteiger partial charge < -0.3 is 15.0 Å². The highest BCUT2D eigenvalue weighted by molar-refractivity contribution is 6.32. The molecule has 2 N–H and O–H groups in total. The second-order valence-corrected chi connectivity index (χ2v) is 5.05. The molecule has 2 aromatic heterocycles. The minimum absolute atomic E-state index is 0.363. The first kappa shape index (κ1) is 13.7. The minimum Gasteiger partial charge on any atom is -0.494 e. The van der Waals surface area contributed by atoms with E-state index in [9.17, 15) is 4.79 Å². The number of pyridine rings is 1. The maximum Gasteiger partial charge on any atom is 0.254 e. The van der Waals surface area contributed by atoms with Crippen molar-refractivity contribution in [3.8, 4) is 17.0 Å². The maximum absolute atomic E-state index is 11.8. The van der Waals surface area contributed by atoms with Crippen LogP contribution in [0.3, 0.4) is 0 Å². The summed E-state index contributed by atoms with van der Waals surface area (Å²) in [6, 6.07) is 3.65. The summed E-state index contributed by atoms with van der Waals surface area (Å²) in [5, 5.41) is 0.363. The Morgan fingerprint density at radius 2 is 2.33 bits per heavy atom. The summed E-state index contributed by atoms with van der Waals surface area (Å²) in [7, 11) is 1.52. The van der Waals surface area contributed by atoms with Crippen molar-refractivity contribution in [2.75, 3.05) is 7.11 Å². The van der Waals surface area contributed by atoms with Crippen molar-refractivity contribution in [1.82, 2.24) is 9.55 Å². The number of hydrogen-bond acceptors (Lipinski definition) is 3. The molecule has 1 aliphatic heterocycles.